The van der Waals surface area contributed by atoms with Gasteiger partial charge in [-0.15, -0.1) is 0 Å². The Hall–Kier alpha value is -2.74. The van der Waals surface area contributed by atoms with Crippen molar-refractivity contribution in [3.05, 3.63) is 64.4 Å². The topological polar surface area (TPSA) is 75.7 Å². The summed E-state index contributed by atoms with van der Waals surface area (Å²) < 4.78 is 19.2. The van der Waals surface area contributed by atoms with Crippen LogP contribution in [0.4, 0.5) is 9.18 Å². The highest BCUT2D eigenvalue weighted by molar-refractivity contribution is 9.10. The Morgan fingerprint density at radius 2 is 1.92 bits per heavy atom. The summed E-state index contributed by atoms with van der Waals surface area (Å²) >= 11 is 3.10. The molecule has 1 fully saturated rings. The van der Waals surface area contributed by atoms with E-state index in [4.69, 9.17) is 4.74 Å². The van der Waals surface area contributed by atoms with Gasteiger partial charge in [-0.1, -0.05) is 46.3 Å². The minimum Gasteiger partial charge on any atom is -0.422 e. The van der Waals surface area contributed by atoms with Gasteiger partial charge in [-0.25, -0.2) is 14.0 Å². The number of benzene rings is 2. The molecule has 134 valence electrons. The van der Waals surface area contributed by atoms with Gasteiger partial charge in [-0.2, -0.15) is 0 Å². The van der Waals surface area contributed by atoms with Crippen LogP contribution >= 0.6 is 15.9 Å². The summed E-state index contributed by atoms with van der Waals surface area (Å²) in [5, 5.41) is 2.58. The molecule has 6 nitrogen and oxygen atoms in total. The number of hydrogen-bond donors (Lipinski definition) is 1. The molecule has 2 aromatic carbocycles. The lowest BCUT2D eigenvalue weighted by Crippen LogP contribution is -2.41. The van der Waals surface area contributed by atoms with E-state index in [-0.39, 0.29) is 5.75 Å². The molecule has 0 spiro atoms. The van der Waals surface area contributed by atoms with Crippen LogP contribution in [0, 0.1) is 5.82 Å². The number of hydrogen-bond acceptors (Lipinski definition) is 4. The third-order valence-corrected chi connectivity index (χ3v) is 4.52. The van der Waals surface area contributed by atoms with E-state index in [0.29, 0.717) is 10.0 Å². The molecule has 3 amide bonds. The van der Waals surface area contributed by atoms with E-state index in [1.807, 2.05) is 0 Å². The molecular formula is C18H14BrFN2O4. The zero-order valence-electron chi connectivity index (χ0n) is 13.7. The first-order valence-electron chi connectivity index (χ1n) is 7.66. The molecule has 1 N–H and O–H groups in total. The standard InChI is InChI=1S/C18H14BrFN2O4/c1-18(11-5-3-2-4-6-11)16(24)22(17(25)21-18)10-15(23)26-14-8-7-12(19)9-13(14)20/h2-9H,10H2,1H3,(H,21,25). The molecule has 1 aliphatic rings. The number of esters is 1. The second-order valence-electron chi connectivity index (χ2n) is 5.86. The maximum atomic E-state index is 13.8. The maximum absolute atomic E-state index is 13.8. The van der Waals surface area contributed by atoms with Crippen molar-refractivity contribution in [3.63, 3.8) is 0 Å². The molecule has 1 heterocycles. The van der Waals surface area contributed by atoms with E-state index in [0.717, 1.165) is 11.0 Å². The largest absolute Gasteiger partial charge is 0.422 e. The average molecular weight is 421 g/mol. The summed E-state index contributed by atoms with van der Waals surface area (Å²) in [6.45, 7) is 0.935. The maximum Gasteiger partial charge on any atom is 0.331 e. The third kappa shape index (κ3) is 3.32. The van der Waals surface area contributed by atoms with Crippen LogP contribution in [0.3, 0.4) is 0 Å². The van der Waals surface area contributed by atoms with Crippen LogP contribution in [-0.2, 0) is 15.1 Å². The monoisotopic (exact) mass is 420 g/mol. The first-order valence-corrected chi connectivity index (χ1v) is 8.46. The number of ether oxygens (including phenoxy) is 1. The van der Waals surface area contributed by atoms with Crippen LogP contribution in [0.5, 0.6) is 5.75 Å². The van der Waals surface area contributed by atoms with Crippen molar-refractivity contribution in [3.8, 4) is 5.75 Å². The molecule has 1 atom stereocenters. The van der Waals surface area contributed by atoms with E-state index in [1.165, 1.54) is 12.1 Å². The van der Waals surface area contributed by atoms with Crippen molar-refractivity contribution in [2.75, 3.05) is 6.54 Å². The number of nitrogens with one attached hydrogen (secondary N) is 1. The SMILES string of the molecule is CC1(c2ccccc2)NC(=O)N(CC(=O)Oc2ccc(Br)cc2F)C1=O. The predicted molar refractivity (Wildman–Crippen MR) is 93.8 cm³/mol. The second-order valence-corrected chi connectivity index (χ2v) is 6.78. The molecule has 26 heavy (non-hydrogen) atoms. The average Bonchev–Trinajstić information content (AvgIpc) is 2.82. The van der Waals surface area contributed by atoms with Crippen molar-refractivity contribution >= 4 is 33.8 Å². The lowest BCUT2D eigenvalue weighted by atomic mass is 9.92. The van der Waals surface area contributed by atoms with Gasteiger partial charge in [0.05, 0.1) is 0 Å². The van der Waals surface area contributed by atoms with Crippen molar-refractivity contribution < 1.29 is 23.5 Å². The van der Waals surface area contributed by atoms with Gasteiger partial charge in [0.15, 0.2) is 11.6 Å². The Kier molecular flexibility index (Phi) is 4.78. The molecule has 3 rings (SSSR count). The molecule has 0 bridgehead atoms. The number of carbonyl (C=O) groups excluding carboxylic acids is 3. The highest BCUT2D eigenvalue weighted by Crippen LogP contribution is 2.28. The van der Waals surface area contributed by atoms with Crippen molar-refractivity contribution in [1.82, 2.24) is 10.2 Å². The molecule has 0 radical (unpaired) electrons. The van der Waals surface area contributed by atoms with Gasteiger partial charge >= 0.3 is 12.0 Å². The number of amides is 3. The molecule has 0 saturated carbocycles. The van der Waals surface area contributed by atoms with E-state index in [1.54, 1.807) is 37.3 Å². The number of urea groups is 1. The predicted octanol–water partition coefficient (Wildman–Crippen LogP) is 2.96. The zero-order valence-corrected chi connectivity index (χ0v) is 15.2. The molecule has 1 saturated heterocycles. The van der Waals surface area contributed by atoms with E-state index < -0.39 is 35.8 Å². The van der Waals surface area contributed by atoms with Gasteiger partial charge in [0.25, 0.3) is 5.91 Å². The molecular weight excluding hydrogens is 407 g/mol. The number of halogens is 2. The van der Waals surface area contributed by atoms with Crippen LogP contribution in [0.15, 0.2) is 53.0 Å². The fraction of sp³-hybridized carbons (Fsp3) is 0.167. The van der Waals surface area contributed by atoms with Crippen LogP contribution in [0.2, 0.25) is 0 Å². The minimum absolute atomic E-state index is 0.281. The number of rotatable bonds is 4. The molecule has 8 heteroatoms. The molecule has 1 aliphatic heterocycles. The molecule has 1 unspecified atom stereocenters. The summed E-state index contributed by atoms with van der Waals surface area (Å²) in [7, 11) is 0. The van der Waals surface area contributed by atoms with Gasteiger partial charge in [0.1, 0.15) is 12.1 Å². The number of nitrogens with zero attached hydrogens (tertiary/aromatic N) is 1. The third-order valence-electron chi connectivity index (χ3n) is 4.03. The van der Waals surface area contributed by atoms with Gasteiger partial charge in [-0.3, -0.25) is 9.69 Å². The first kappa shape index (κ1) is 18.1. The highest BCUT2D eigenvalue weighted by atomic mass is 79.9. The molecule has 0 aromatic heterocycles. The Morgan fingerprint density at radius 3 is 2.58 bits per heavy atom. The van der Waals surface area contributed by atoms with Crippen molar-refractivity contribution in [2.45, 2.75) is 12.5 Å². The number of imide groups is 1. The van der Waals surface area contributed by atoms with Crippen LogP contribution in [0.1, 0.15) is 12.5 Å². The zero-order chi connectivity index (χ0) is 18.9. The summed E-state index contributed by atoms with van der Waals surface area (Å²) in [5.74, 6) is -2.52. The lowest BCUT2D eigenvalue weighted by molar-refractivity contribution is -0.141. The fourth-order valence-electron chi connectivity index (χ4n) is 2.65. The second kappa shape index (κ2) is 6.87. The van der Waals surface area contributed by atoms with Gasteiger partial charge < -0.3 is 10.1 Å². The fourth-order valence-corrected chi connectivity index (χ4v) is 2.98. The first-order chi connectivity index (χ1) is 12.3. The Labute approximate surface area is 157 Å². The van der Waals surface area contributed by atoms with E-state index >= 15 is 0 Å². The highest BCUT2D eigenvalue weighted by Gasteiger charge is 2.49. The lowest BCUT2D eigenvalue weighted by Gasteiger charge is -2.21. The Balaban J connectivity index is 1.74. The summed E-state index contributed by atoms with van der Waals surface area (Å²) in [4.78, 5) is 37.7. The minimum atomic E-state index is -1.28. The van der Waals surface area contributed by atoms with Crippen molar-refractivity contribution in [1.29, 1.82) is 0 Å². The van der Waals surface area contributed by atoms with Gasteiger partial charge in [0, 0.05) is 4.47 Å². The summed E-state index contributed by atoms with van der Waals surface area (Å²) in [6.07, 6.45) is 0. The smallest absolute Gasteiger partial charge is 0.331 e. The van der Waals surface area contributed by atoms with Crippen LogP contribution in [0.25, 0.3) is 0 Å². The van der Waals surface area contributed by atoms with Crippen LogP contribution in [-0.4, -0.2) is 29.4 Å². The Bertz CT molecular complexity index is 890. The molecule has 0 aliphatic carbocycles. The van der Waals surface area contributed by atoms with Gasteiger partial charge in [0.2, 0.25) is 0 Å². The number of carbonyl (C=O) groups is 3. The Morgan fingerprint density at radius 1 is 1.23 bits per heavy atom. The van der Waals surface area contributed by atoms with E-state index in [9.17, 15) is 18.8 Å². The summed E-state index contributed by atoms with van der Waals surface area (Å²) in [5.41, 5.74) is -0.685. The summed E-state index contributed by atoms with van der Waals surface area (Å²) in [6, 6.07) is 11.9. The van der Waals surface area contributed by atoms with Gasteiger partial charge in [-0.05, 0) is 30.7 Å². The quantitative estimate of drug-likeness (QED) is 0.468. The molecule has 2 aromatic rings. The normalized spacial score (nSPS) is 19.4. The van der Waals surface area contributed by atoms with E-state index in [2.05, 4.69) is 21.2 Å². The van der Waals surface area contributed by atoms with Crippen LogP contribution < -0.4 is 10.1 Å². The van der Waals surface area contributed by atoms with Crippen molar-refractivity contribution in [2.24, 2.45) is 0 Å².